The lowest BCUT2D eigenvalue weighted by Gasteiger charge is -2.11. The van der Waals surface area contributed by atoms with Crippen LogP contribution in [-0.2, 0) is 9.47 Å². The third-order valence-corrected chi connectivity index (χ3v) is 2.92. The van der Waals surface area contributed by atoms with Crippen LogP contribution in [0.1, 0.15) is 25.7 Å². The standard InChI is InChI=1S/C13H27N3O2.HI/c1-14-13(16-11-12-5-6-12)15-7-3-4-8-18-10-9-17-2;/h12H,3-11H2,1-2H3,(H2,14,15,16);1H. The first kappa shape index (κ1) is 18.9. The predicted molar refractivity (Wildman–Crippen MR) is 89.4 cm³/mol. The number of unbranched alkanes of at least 4 members (excludes halogenated alkanes) is 1. The van der Waals surface area contributed by atoms with Gasteiger partial charge < -0.3 is 20.1 Å². The Kier molecular flexibility index (Phi) is 12.9. The summed E-state index contributed by atoms with van der Waals surface area (Å²) in [4.78, 5) is 4.19. The molecule has 0 bridgehead atoms. The molecule has 114 valence electrons. The summed E-state index contributed by atoms with van der Waals surface area (Å²) < 4.78 is 10.3. The predicted octanol–water partition coefficient (Wildman–Crippen LogP) is 1.62. The average Bonchev–Trinajstić information content (AvgIpc) is 3.20. The first-order valence-corrected chi connectivity index (χ1v) is 6.88. The molecule has 0 saturated heterocycles. The fourth-order valence-corrected chi connectivity index (χ4v) is 1.56. The molecule has 1 aliphatic rings. The van der Waals surface area contributed by atoms with Gasteiger partial charge in [0.2, 0.25) is 0 Å². The first-order chi connectivity index (χ1) is 8.86. The van der Waals surface area contributed by atoms with E-state index in [2.05, 4.69) is 15.6 Å². The maximum absolute atomic E-state index is 5.40. The molecular weight excluding hydrogens is 357 g/mol. The summed E-state index contributed by atoms with van der Waals surface area (Å²) in [5, 5.41) is 6.65. The van der Waals surface area contributed by atoms with Crippen LogP contribution in [0.25, 0.3) is 0 Å². The molecule has 0 unspecified atom stereocenters. The number of ether oxygens (including phenoxy) is 2. The van der Waals surface area contributed by atoms with Crippen molar-refractivity contribution in [2.45, 2.75) is 25.7 Å². The number of hydrogen-bond acceptors (Lipinski definition) is 3. The summed E-state index contributed by atoms with van der Waals surface area (Å²) in [5.41, 5.74) is 0. The van der Waals surface area contributed by atoms with Gasteiger partial charge in [0.05, 0.1) is 13.2 Å². The second-order valence-electron chi connectivity index (χ2n) is 4.64. The average molecular weight is 385 g/mol. The maximum Gasteiger partial charge on any atom is 0.190 e. The van der Waals surface area contributed by atoms with Crippen LogP contribution >= 0.6 is 24.0 Å². The van der Waals surface area contributed by atoms with Crippen molar-refractivity contribution < 1.29 is 9.47 Å². The van der Waals surface area contributed by atoms with Gasteiger partial charge in [0.25, 0.3) is 0 Å². The van der Waals surface area contributed by atoms with Crippen molar-refractivity contribution in [2.75, 3.05) is 47.1 Å². The molecule has 0 atom stereocenters. The number of nitrogens with zero attached hydrogens (tertiary/aromatic N) is 1. The summed E-state index contributed by atoms with van der Waals surface area (Å²) in [7, 11) is 3.50. The van der Waals surface area contributed by atoms with E-state index in [1.165, 1.54) is 12.8 Å². The van der Waals surface area contributed by atoms with Crippen molar-refractivity contribution in [1.82, 2.24) is 10.6 Å². The number of guanidine groups is 1. The van der Waals surface area contributed by atoms with E-state index in [4.69, 9.17) is 9.47 Å². The molecule has 6 heteroatoms. The zero-order valence-corrected chi connectivity index (χ0v) is 14.4. The third kappa shape index (κ3) is 11.4. The highest BCUT2D eigenvalue weighted by molar-refractivity contribution is 14.0. The number of halogens is 1. The Labute approximate surface area is 133 Å². The van der Waals surface area contributed by atoms with Gasteiger partial charge in [-0.3, -0.25) is 4.99 Å². The molecule has 19 heavy (non-hydrogen) atoms. The number of rotatable bonds is 10. The van der Waals surface area contributed by atoms with Crippen LogP contribution in [0.15, 0.2) is 4.99 Å². The fraction of sp³-hybridized carbons (Fsp3) is 0.923. The number of aliphatic imine (C=N–C) groups is 1. The second kappa shape index (κ2) is 12.9. The van der Waals surface area contributed by atoms with E-state index in [0.29, 0.717) is 13.2 Å². The lowest BCUT2D eigenvalue weighted by atomic mass is 10.3. The van der Waals surface area contributed by atoms with Gasteiger partial charge in [-0.2, -0.15) is 0 Å². The topological polar surface area (TPSA) is 54.9 Å². The molecule has 1 fully saturated rings. The molecule has 1 aliphatic carbocycles. The summed E-state index contributed by atoms with van der Waals surface area (Å²) in [6.45, 7) is 4.17. The zero-order valence-electron chi connectivity index (χ0n) is 12.1. The summed E-state index contributed by atoms with van der Waals surface area (Å²) in [6.07, 6.45) is 4.89. The molecule has 2 N–H and O–H groups in total. The second-order valence-corrected chi connectivity index (χ2v) is 4.64. The number of nitrogens with one attached hydrogen (secondary N) is 2. The maximum atomic E-state index is 5.40. The Morgan fingerprint density at radius 1 is 1.16 bits per heavy atom. The Hall–Kier alpha value is -0.0800. The van der Waals surface area contributed by atoms with Crippen LogP contribution in [0.5, 0.6) is 0 Å². The highest BCUT2D eigenvalue weighted by Crippen LogP contribution is 2.27. The number of hydrogen-bond donors (Lipinski definition) is 2. The van der Waals surface area contributed by atoms with E-state index < -0.39 is 0 Å². The van der Waals surface area contributed by atoms with Crippen molar-refractivity contribution in [3.8, 4) is 0 Å². The smallest absolute Gasteiger partial charge is 0.190 e. The van der Waals surface area contributed by atoms with Crippen molar-refractivity contribution >= 4 is 29.9 Å². The van der Waals surface area contributed by atoms with E-state index in [1.54, 1.807) is 7.11 Å². The minimum Gasteiger partial charge on any atom is -0.382 e. The van der Waals surface area contributed by atoms with Crippen LogP contribution < -0.4 is 10.6 Å². The molecule has 0 aromatic heterocycles. The first-order valence-electron chi connectivity index (χ1n) is 6.88. The molecule has 0 radical (unpaired) electrons. The fourth-order valence-electron chi connectivity index (χ4n) is 1.56. The highest BCUT2D eigenvalue weighted by atomic mass is 127. The van der Waals surface area contributed by atoms with Crippen LogP contribution in [0.4, 0.5) is 0 Å². The monoisotopic (exact) mass is 385 g/mol. The van der Waals surface area contributed by atoms with E-state index in [9.17, 15) is 0 Å². The Balaban J connectivity index is 0.00000324. The molecule has 0 aliphatic heterocycles. The van der Waals surface area contributed by atoms with Crippen LogP contribution in [0.3, 0.4) is 0 Å². The summed E-state index contributed by atoms with van der Waals surface area (Å²) >= 11 is 0. The largest absolute Gasteiger partial charge is 0.382 e. The number of methoxy groups -OCH3 is 1. The van der Waals surface area contributed by atoms with Gasteiger partial charge in [-0.1, -0.05) is 0 Å². The molecule has 0 heterocycles. The SMILES string of the molecule is CN=C(NCCCCOCCOC)NCC1CC1.I. The normalized spacial score (nSPS) is 14.9. The van der Waals surface area contributed by atoms with Crippen LogP contribution in [0.2, 0.25) is 0 Å². The molecule has 0 amide bonds. The Morgan fingerprint density at radius 2 is 1.95 bits per heavy atom. The van der Waals surface area contributed by atoms with E-state index in [-0.39, 0.29) is 24.0 Å². The van der Waals surface area contributed by atoms with Crippen molar-refractivity contribution in [1.29, 1.82) is 0 Å². The zero-order chi connectivity index (χ0) is 13.1. The van der Waals surface area contributed by atoms with Gasteiger partial charge in [-0.15, -0.1) is 24.0 Å². The molecule has 0 aromatic rings. The van der Waals surface area contributed by atoms with Gasteiger partial charge in [0, 0.05) is 33.9 Å². The quantitative estimate of drug-likeness (QED) is 0.260. The van der Waals surface area contributed by atoms with Crippen molar-refractivity contribution in [3.63, 3.8) is 0 Å². The molecule has 1 saturated carbocycles. The molecule has 0 aromatic carbocycles. The van der Waals surface area contributed by atoms with E-state index in [0.717, 1.165) is 44.4 Å². The van der Waals surface area contributed by atoms with Crippen molar-refractivity contribution in [3.05, 3.63) is 0 Å². The molecule has 1 rings (SSSR count). The lowest BCUT2D eigenvalue weighted by molar-refractivity contribution is 0.0689. The van der Waals surface area contributed by atoms with Crippen molar-refractivity contribution in [2.24, 2.45) is 10.9 Å². The molecule has 0 spiro atoms. The van der Waals surface area contributed by atoms with Gasteiger partial charge in [0.15, 0.2) is 5.96 Å². The van der Waals surface area contributed by atoms with Crippen LogP contribution in [0, 0.1) is 5.92 Å². The van der Waals surface area contributed by atoms with E-state index >= 15 is 0 Å². The summed E-state index contributed by atoms with van der Waals surface area (Å²) in [5.74, 6) is 1.79. The summed E-state index contributed by atoms with van der Waals surface area (Å²) in [6, 6.07) is 0. The molecule has 5 nitrogen and oxygen atoms in total. The van der Waals surface area contributed by atoms with Gasteiger partial charge in [-0.05, 0) is 31.6 Å². The Morgan fingerprint density at radius 3 is 2.58 bits per heavy atom. The van der Waals surface area contributed by atoms with Gasteiger partial charge >= 0.3 is 0 Å². The lowest BCUT2D eigenvalue weighted by Crippen LogP contribution is -2.38. The Bertz CT molecular complexity index is 236. The van der Waals surface area contributed by atoms with E-state index in [1.807, 2.05) is 7.05 Å². The van der Waals surface area contributed by atoms with Crippen LogP contribution in [-0.4, -0.2) is 53.0 Å². The highest BCUT2D eigenvalue weighted by Gasteiger charge is 2.20. The minimum atomic E-state index is 0. The minimum absolute atomic E-state index is 0. The third-order valence-electron chi connectivity index (χ3n) is 2.92. The van der Waals surface area contributed by atoms with Gasteiger partial charge in [-0.25, -0.2) is 0 Å². The van der Waals surface area contributed by atoms with Gasteiger partial charge in [0.1, 0.15) is 0 Å². The molecular formula is C13H28IN3O2.